The lowest BCUT2D eigenvalue weighted by atomic mass is 10.1. The molecule has 0 aromatic heterocycles. The van der Waals surface area contributed by atoms with Crippen molar-refractivity contribution < 1.29 is 0 Å². The Kier molecular flexibility index (Phi) is 9.41. The lowest BCUT2D eigenvalue weighted by Crippen LogP contribution is -1.78. The van der Waals surface area contributed by atoms with Crippen LogP contribution < -0.4 is 0 Å². The van der Waals surface area contributed by atoms with Gasteiger partial charge in [-0.2, -0.15) is 0 Å². The maximum absolute atomic E-state index is 5.78. The Labute approximate surface area is 224 Å². The lowest BCUT2D eigenvalue weighted by molar-refractivity contribution is 1.59. The molecule has 5 aromatic carbocycles. The van der Waals surface area contributed by atoms with Gasteiger partial charge in [-0.25, -0.2) is 0 Å². The molecule has 0 N–H and O–H groups in total. The van der Waals surface area contributed by atoms with E-state index in [0.29, 0.717) is 0 Å². The van der Waals surface area contributed by atoms with Crippen LogP contribution in [0.15, 0.2) is 140 Å². The molecule has 0 bridgehead atoms. The molecule has 0 heterocycles. The smallest absolute Gasteiger partial charge is 0.0406 e. The highest BCUT2D eigenvalue weighted by atomic mass is 35.5. The second kappa shape index (κ2) is 13.8. The fourth-order valence-corrected chi connectivity index (χ4v) is 3.29. The zero-order valence-electron chi connectivity index (χ0n) is 20.2. The minimum absolute atomic E-state index is 0.736. The molecule has 0 amide bonds. The molecule has 0 aliphatic carbocycles. The maximum Gasteiger partial charge on any atom is 0.0406 e. The molecule has 1 heteroatoms. The van der Waals surface area contributed by atoms with Gasteiger partial charge >= 0.3 is 0 Å². The van der Waals surface area contributed by atoms with Crippen molar-refractivity contribution >= 4 is 11.6 Å². The summed E-state index contributed by atoms with van der Waals surface area (Å²) in [7, 11) is 0. The zero-order chi connectivity index (χ0) is 25.5. The van der Waals surface area contributed by atoms with Crippen LogP contribution in [0.4, 0.5) is 0 Å². The van der Waals surface area contributed by atoms with E-state index >= 15 is 0 Å². The minimum Gasteiger partial charge on any atom is -0.0843 e. The van der Waals surface area contributed by atoms with Crippen LogP contribution in [-0.4, -0.2) is 0 Å². The predicted octanol–water partition coefficient (Wildman–Crippen LogP) is 8.23. The predicted molar refractivity (Wildman–Crippen MR) is 155 cm³/mol. The molecule has 37 heavy (non-hydrogen) atoms. The van der Waals surface area contributed by atoms with E-state index in [-0.39, 0.29) is 0 Å². The third-order valence-electron chi connectivity index (χ3n) is 5.10. The Bertz CT molecular complexity index is 1510. The van der Waals surface area contributed by atoms with E-state index in [1.165, 1.54) is 0 Å². The molecule has 174 valence electrons. The molecule has 0 fully saturated rings. The summed E-state index contributed by atoms with van der Waals surface area (Å²) in [6, 6.07) is 45.4. The topological polar surface area (TPSA) is 0 Å². The third kappa shape index (κ3) is 8.98. The lowest BCUT2D eigenvalue weighted by Gasteiger charge is -1.92. The largest absolute Gasteiger partial charge is 0.0843 e. The number of halogens is 1. The van der Waals surface area contributed by atoms with Crippen LogP contribution in [0.5, 0.6) is 0 Å². The van der Waals surface area contributed by atoms with E-state index in [1.54, 1.807) is 0 Å². The molecule has 5 aromatic rings. The Morgan fingerprint density at radius 2 is 0.486 bits per heavy atom. The van der Waals surface area contributed by atoms with Gasteiger partial charge in [0.2, 0.25) is 0 Å². The van der Waals surface area contributed by atoms with Gasteiger partial charge in [0.05, 0.1) is 0 Å². The second-order valence-electron chi connectivity index (χ2n) is 7.93. The van der Waals surface area contributed by atoms with Gasteiger partial charge in [-0.1, -0.05) is 102 Å². The average molecular weight is 491 g/mol. The highest BCUT2D eigenvalue weighted by molar-refractivity contribution is 6.30. The highest BCUT2D eigenvalue weighted by Crippen LogP contribution is 2.09. The van der Waals surface area contributed by atoms with Gasteiger partial charge in [-0.05, 0) is 84.9 Å². The normalized spacial score (nSPS) is 9.11. The van der Waals surface area contributed by atoms with Crippen molar-refractivity contribution in [2.45, 2.75) is 0 Å². The van der Waals surface area contributed by atoms with E-state index in [4.69, 9.17) is 11.6 Å². The van der Waals surface area contributed by atoms with E-state index in [1.807, 2.05) is 140 Å². The fraction of sp³-hybridized carbons (Fsp3) is 0. The van der Waals surface area contributed by atoms with Crippen molar-refractivity contribution in [3.63, 3.8) is 0 Å². The summed E-state index contributed by atoms with van der Waals surface area (Å²) in [5, 5.41) is 0.736. The standard InChI is InChI=1S/C22H14.C14H9Cl/c1-3-7-19(8-4-1)11-13-21-15-17-22(18-16-21)14-12-20-9-5-2-6-10-20;15-14-10-8-13(9-11-14)7-6-12-4-2-1-3-5-12/h1-10,15-18H;1-5,8-11H. The highest BCUT2D eigenvalue weighted by Gasteiger charge is 1.90. The fourth-order valence-electron chi connectivity index (χ4n) is 3.17. The van der Waals surface area contributed by atoms with Crippen molar-refractivity contribution in [2.24, 2.45) is 0 Å². The summed E-state index contributed by atoms with van der Waals surface area (Å²) in [4.78, 5) is 0. The van der Waals surface area contributed by atoms with Crippen molar-refractivity contribution in [1.29, 1.82) is 0 Å². The van der Waals surface area contributed by atoms with Crippen LogP contribution in [0, 0.1) is 35.5 Å². The minimum atomic E-state index is 0.736. The molecule has 0 radical (unpaired) electrons. The van der Waals surface area contributed by atoms with E-state index in [9.17, 15) is 0 Å². The summed E-state index contributed by atoms with van der Waals surface area (Å²) in [5.41, 5.74) is 6.03. The monoisotopic (exact) mass is 490 g/mol. The van der Waals surface area contributed by atoms with E-state index in [0.717, 1.165) is 38.4 Å². The summed E-state index contributed by atoms with van der Waals surface area (Å²) in [6.45, 7) is 0. The first-order valence-corrected chi connectivity index (χ1v) is 12.2. The van der Waals surface area contributed by atoms with Crippen LogP contribution in [0.2, 0.25) is 5.02 Å². The number of hydrogen-bond donors (Lipinski definition) is 0. The second-order valence-corrected chi connectivity index (χ2v) is 8.37. The number of benzene rings is 5. The van der Waals surface area contributed by atoms with Gasteiger partial charge in [0, 0.05) is 38.4 Å². The molecule has 0 nitrogen and oxygen atoms in total. The zero-order valence-corrected chi connectivity index (χ0v) is 20.9. The van der Waals surface area contributed by atoms with Gasteiger partial charge in [0.25, 0.3) is 0 Å². The van der Waals surface area contributed by atoms with Crippen LogP contribution in [0.25, 0.3) is 0 Å². The summed E-state index contributed by atoms with van der Waals surface area (Å²) < 4.78 is 0. The van der Waals surface area contributed by atoms with Crippen molar-refractivity contribution in [3.8, 4) is 35.5 Å². The SMILES string of the molecule is C(#Cc1ccc(C#Cc2ccccc2)cc1)c1ccccc1.Clc1ccc(C#Cc2ccccc2)cc1. The number of hydrogen-bond acceptors (Lipinski definition) is 0. The first-order valence-electron chi connectivity index (χ1n) is 11.8. The number of rotatable bonds is 0. The van der Waals surface area contributed by atoms with E-state index in [2.05, 4.69) is 35.5 Å². The quantitative estimate of drug-likeness (QED) is 0.192. The Hall–Kier alpha value is -4.93. The third-order valence-corrected chi connectivity index (χ3v) is 5.36. The Morgan fingerprint density at radius 3 is 0.757 bits per heavy atom. The molecule has 0 saturated carbocycles. The Balaban J connectivity index is 0.000000186. The molecule has 0 aliphatic heterocycles. The summed E-state index contributed by atoms with van der Waals surface area (Å²) >= 11 is 5.78. The van der Waals surface area contributed by atoms with Crippen LogP contribution in [0.3, 0.4) is 0 Å². The van der Waals surface area contributed by atoms with Gasteiger partial charge in [0.15, 0.2) is 0 Å². The molecule has 0 aliphatic rings. The molecule has 0 spiro atoms. The van der Waals surface area contributed by atoms with Crippen LogP contribution in [0.1, 0.15) is 33.4 Å². The molecular formula is C36H23Cl. The summed E-state index contributed by atoms with van der Waals surface area (Å²) in [5.74, 6) is 18.8. The van der Waals surface area contributed by atoms with E-state index < -0.39 is 0 Å². The maximum atomic E-state index is 5.78. The first kappa shape index (κ1) is 25.2. The van der Waals surface area contributed by atoms with Gasteiger partial charge in [-0.15, -0.1) is 0 Å². The molecule has 0 unspecified atom stereocenters. The van der Waals surface area contributed by atoms with Crippen molar-refractivity contribution in [2.75, 3.05) is 0 Å². The molecule has 0 atom stereocenters. The Morgan fingerprint density at radius 1 is 0.270 bits per heavy atom. The molecule has 5 rings (SSSR count). The van der Waals surface area contributed by atoms with Crippen molar-refractivity contribution in [3.05, 3.63) is 178 Å². The van der Waals surface area contributed by atoms with Crippen LogP contribution in [-0.2, 0) is 0 Å². The van der Waals surface area contributed by atoms with Gasteiger partial charge < -0.3 is 0 Å². The van der Waals surface area contributed by atoms with Gasteiger partial charge in [-0.3, -0.25) is 0 Å². The van der Waals surface area contributed by atoms with Crippen molar-refractivity contribution in [1.82, 2.24) is 0 Å². The molecule has 0 saturated heterocycles. The molecular weight excluding hydrogens is 468 g/mol. The summed E-state index contributed by atoms with van der Waals surface area (Å²) in [6.07, 6.45) is 0. The first-order chi connectivity index (χ1) is 18.2. The van der Waals surface area contributed by atoms with Gasteiger partial charge in [0.1, 0.15) is 0 Å². The van der Waals surface area contributed by atoms with Crippen LogP contribution >= 0.6 is 11.6 Å². The average Bonchev–Trinajstić information content (AvgIpc) is 2.97.